The van der Waals surface area contributed by atoms with E-state index in [-0.39, 0.29) is 17.3 Å². The van der Waals surface area contributed by atoms with Gasteiger partial charge in [0.1, 0.15) is 11.4 Å². The molecule has 1 saturated heterocycles. The molecule has 0 spiro atoms. The number of carbonyl (C=O) groups is 2. The molecule has 0 radical (unpaired) electrons. The lowest BCUT2D eigenvalue weighted by molar-refractivity contribution is 0.0985. The highest BCUT2D eigenvalue weighted by atomic mass is 16.5. The van der Waals surface area contributed by atoms with Crippen molar-refractivity contribution in [3.05, 3.63) is 65.2 Å². The van der Waals surface area contributed by atoms with Gasteiger partial charge in [-0.1, -0.05) is 12.1 Å². The van der Waals surface area contributed by atoms with E-state index in [9.17, 15) is 9.59 Å². The molecule has 1 fully saturated rings. The molecule has 186 valence electrons. The second-order valence-electron chi connectivity index (χ2n) is 9.12. The molecule has 0 unspecified atom stereocenters. The summed E-state index contributed by atoms with van der Waals surface area (Å²) < 4.78 is 5.98. The average molecular weight is 488 g/mol. The molecule has 10 nitrogen and oxygen atoms in total. The van der Waals surface area contributed by atoms with Gasteiger partial charge in [0.25, 0.3) is 11.8 Å². The Kier molecular flexibility index (Phi) is 6.68. The number of rotatable bonds is 7. The van der Waals surface area contributed by atoms with Crippen LogP contribution in [-0.2, 0) is 0 Å². The van der Waals surface area contributed by atoms with Crippen molar-refractivity contribution in [2.24, 2.45) is 5.92 Å². The molecule has 0 bridgehead atoms. The Hall–Kier alpha value is -4.18. The minimum Gasteiger partial charge on any atom is -0.493 e. The number of piperidine rings is 1. The van der Waals surface area contributed by atoms with Crippen LogP contribution in [0, 0.1) is 19.8 Å². The minimum absolute atomic E-state index is 0.00174. The number of ether oxygens (including phenoxy) is 1. The van der Waals surface area contributed by atoms with Gasteiger partial charge in [0.05, 0.1) is 24.0 Å². The Balaban J connectivity index is 1.26. The van der Waals surface area contributed by atoms with Gasteiger partial charge in [0, 0.05) is 11.8 Å². The van der Waals surface area contributed by atoms with E-state index in [4.69, 9.17) is 4.74 Å². The van der Waals surface area contributed by atoms with Crippen molar-refractivity contribution < 1.29 is 14.3 Å². The monoisotopic (exact) mass is 487 g/mol. The van der Waals surface area contributed by atoms with Crippen LogP contribution >= 0.6 is 0 Å². The van der Waals surface area contributed by atoms with Crippen LogP contribution < -0.4 is 20.7 Å². The molecule has 0 atom stereocenters. The van der Waals surface area contributed by atoms with Gasteiger partial charge in [0.15, 0.2) is 5.69 Å². The van der Waals surface area contributed by atoms with Gasteiger partial charge in [-0.3, -0.25) is 14.9 Å². The van der Waals surface area contributed by atoms with Gasteiger partial charge < -0.3 is 25.3 Å². The predicted molar refractivity (Wildman–Crippen MR) is 138 cm³/mol. The molecule has 36 heavy (non-hydrogen) atoms. The molecule has 2 aromatic heterocycles. The van der Waals surface area contributed by atoms with Gasteiger partial charge in [-0.2, -0.15) is 0 Å². The zero-order valence-electron chi connectivity index (χ0n) is 20.3. The van der Waals surface area contributed by atoms with Crippen LogP contribution in [0.4, 0.5) is 11.6 Å². The van der Waals surface area contributed by atoms with Crippen LogP contribution in [0.25, 0.3) is 11.0 Å². The molecule has 5 N–H and O–H groups in total. The Labute approximate surface area is 208 Å². The van der Waals surface area contributed by atoms with E-state index in [0.717, 1.165) is 48.3 Å². The van der Waals surface area contributed by atoms with E-state index in [2.05, 4.69) is 35.9 Å². The lowest BCUT2D eigenvalue weighted by Crippen LogP contribution is -2.30. The number of aromatic nitrogens is 4. The van der Waals surface area contributed by atoms with Crippen molar-refractivity contribution in [2.45, 2.75) is 26.7 Å². The van der Waals surface area contributed by atoms with Gasteiger partial charge in [-0.05, 0) is 75.0 Å². The number of nitrogens with one attached hydrogen (secondary N) is 5. The molecule has 10 heteroatoms. The molecular formula is C26H29N7O3. The minimum atomic E-state index is -0.528. The first-order chi connectivity index (χ1) is 17.5. The molecule has 2 amide bonds. The number of H-pyrrole nitrogens is 2. The number of hydrogen-bond donors (Lipinski definition) is 5. The molecule has 1 aliphatic rings. The summed E-state index contributed by atoms with van der Waals surface area (Å²) in [6, 6.07) is 11.4. The lowest BCUT2D eigenvalue weighted by Gasteiger charge is -2.22. The second-order valence-corrected chi connectivity index (χ2v) is 9.12. The van der Waals surface area contributed by atoms with Crippen molar-refractivity contribution in [1.29, 1.82) is 0 Å². The average Bonchev–Trinajstić information content (AvgIpc) is 3.52. The van der Waals surface area contributed by atoms with Gasteiger partial charge in [0.2, 0.25) is 5.95 Å². The van der Waals surface area contributed by atoms with Crippen LogP contribution in [0.15, 0.2) is 42.7 Å². The quantitative estimate of drug-likeness (QED) is 0.269. The lowest BCUT2D eigenvalue weighted by atomic mass is 9.99. The highest BCUT2D eigenvalue weighted by Gasteiger charge is 2.22. The third-order valence-electron chi connectivity index (χ3n) is 6.35. The Morgan fingerprint density at radius 3 is 2.72 bits per heavy atom. The molecule has 1 aliphatic heterocycles. The van der Waals surface area contributed by atoms with Crippen molar-refractivity contribution in [3.8, 4) is 5.75 Å². The standard InChI is InChI=1S/C26H29N7O3/c1-15-3-4-16(2)20(11-15)30-24(34)22-23(29-14-28-22)25(35)33-26-31-19-6-5-18(12-21(19)32-26)36-13-17-7-9-27-10-8-17/h3-6,11-12,14,17,27H,7-10,13H2,1-2H3,(H,28,29)(H,30,34)(H2,31,32,33,35). The maximum Gasteiger partial charge on any atom is 0.276 e. The summed E-state index contributed by atoms with van der Waals surface area (Å²) in [5.41, 5.74) is 4.08. The number of nitrogens with zero attached hydrogens (tertiary/aromatic N) is 2. The first kappa shape index (κ1) is 23.6. The van der Waals surface area contributed by atoms with Crippen molar-refractivity contribution >= 4 is 34.5 Å². The maximum atomic E-state index is 12.9. The third-order valence-corrected chi connectivity index (χ3v) is 6.35. The zero-order chi connectivity index (χ0) is 25.1. The molecule has 5 rings (SSSR count). The van der Waals surface area contributed by atoms with Crippen LogP contribution in [0.1, 0.15) is 44.9 Å². The normalized spacial score (nSPS) is 14.1. The van der Waals surface area contributed by atoms with Crippen molar-refractivity contribution in [1.82, 2.24) is 25.3 Å². The number of carbonyl (C=O) groups excluding carboxylic acids is 2. The van der Waals surface area contributed by atoms with E-state index in [1.54, 1.807) is 0 Å². The number of benzene rings is 2. The van der Waals surface area contributed by atoms with E-state index >= 15 is 0 Å². The number of aromatic amines is 2. The molecule has 2 aromatic carbocycles. The summed E-state index contributed by atoms with van der Waals surface area (Å²) in [6.45, 7) is 6.58. The zero-order valence-corrected chi connectivity index (χ0v) is 20.3. The first-order valence-electron chi connectivity index (χ1n) is 12.0. The molecule has 0 aliphatic carbocycles. The van der Waals surface area contributed by atoms with Crippen LogP contribution in [-0.4, -0.2) is 51.4 Å². The Morgan fingerprint density at radius 1 is 1.06 bits per heavy atom. The third kappa shape index (κ3) is 5.23. The van der Waals surface area contributed by atoms with Gasteiger partial charge >= 0.3 is 0 Å². The summed E-state index contributed by atoms with van der Waals surface area (Å²) in [4.78, 5) is 40.2. The van der Waals surface area contributed by atoms with Crippen molar-refractivity contribution in [2.75, 3.05) is 30.3 Å². The van der Waals surface area contributed by atoms with Crippen LogP contribution in [0.2, 0.25) is 0 Å². The molecule has 4 aromatic rings. The smallest absolute Gasteiger partial charge is 0.276 e. The van der Waals surface area contributed by atoms with E-state index < -0.39 is 11.8 Å². The SMILES string of the molecule is Cc1ccc(C)c(NC(=O)c2nc[nH]c2C(=O)Nc2nc3cc(OCC4CCNCC4)ccc3[nH]2)c1. The summed E-state index contributed by atoms with van der Waals surface area (Å²) >= 11 is 0. The fraction of sp³-hybridized carbons (Fsp3) is 0.308. The topological polar surface area (TPSA) is 137 Å². The van der Waals surface area contributed by atoms with E-state index in [0.29, 0.717) is 23.7 Å². The summed E-state index contributed by atoms with van der Waals surface area (Å²) in [6.07, 6.45) is 3.54. The Bertz CT molecular complexity index is 1400. The highest BCUT2D eigenvalue weighted by Crippen LogP contribution is 2.23. The number of imidazole rings is 2. The number of fused-ring (bicyclic) bond motifs is 1. The highest BCUT2D eigenvalue weighted by molar-refractivity contribution is 6.13. The van der Waals surface area contributed by atoms with E-state index in [1.165, 1.54) is 6.33 Å². The fourth-order valence-electron chi connectivity index (χ4n) is 4.26. The maximum absolute atomic E-state index is 12.9. The second kappa shape index (κ2) is 10.2. The van der Waals surface area contributed by atoms with Crippen LogP contribution in [0.5, 0.6) is 5.75 Å². The number of hydrogen-bond acceptors (Lipinski definition) is 6. The van der Waals surface area contributed by atoms with Crippen molar-refractivity contribution in [3.63, 3.8) is 0 Å². The summed E-state index contributed by atoms with van der Waals surface area (Å²) in [7, 11) is 0. The predicted octanol–water partition coefficient (Wildman–Crippen LogP) is 3.79. The van der Waals surface area contributed by atoms with Gasteiger partial charge in [-0.25, -0.2) is 9.97 Å². The number of anilines is 2. The summed E-state index contributed by atoms with van der Waals surface area (Å²) in [5.74, 6) is 0.548. The molecule has 3 heterocycles. The molecular weight excluding hydrogens is 458 g/mol. The number of aryl methyl sites for hydroxylation is 2. The van der Waals surface area contributed by atoms with Crippen LogP contribution in [0.3, 0.4) is 0 Å². The fourth-order valence-corrected chi connectivity index (χ4v) is 4.26. The van der Waals surface area contributed by atoms with Gasteiger partial charge in [-0.15, -0.1) is 0 Å². The first-order valence-corrected chi connectivity index (χ1v) is 12.0. The summed E-state index contributed by atoms with van der Waals surface area (Å²) in [5, 5.41) is 8.90. The molecule has 0 saturated carbocycles. The Morgan fingerprint density at radius 2 is 1.89 bits per heavy atom. The number of amides is 2. The largest absolute Gasteiger partial charge is 0.493 e. The van der Waals surface area contributed by atoms with E-state index in [1.807, 2.05) is 50.2 Å².